The van der Waals surface area contributed by atoms with Gasteiger partial charge in [-0.1, -0.05) is 0 Å². The van der Waals surface area contributed by atoms with Crippen molar-refractivity contribution in [1.82, 2.24) is 33.6 Å². The zero-order chi connectivity index (χ0) is 34.7. The molecule has 2 aromatic carbocycles. The predicted octanol–water partition coefficient (Wildman–Crippen LogP) is 5.94. The summed E-state index contributed by atoms with van der Waals surface area (Å²) in [6.45, 7) is 8.33. The number of aryl methyl sites for hydroxylation is 3. The van der Waals surface area contributed by atoms with E-state index in [-0.39, 0.29) is 22.4 Å². The highest BCUT2D eigenvalue weighted by Gasteiger charge is 2.56. The molecule has 3 aromatic heterocycles. The zero-order valence-electron chi connectivity index (χ0n) is 28.9. The van der Waals surface area contributed by atoms with Gasteiger partial charge in [0.1, 0.15) is 17.2 Å². The van der Waals surface area contributed by atoms with Crippen molar-refractivity contribution in [2.75, 3.05) is 6.54 Å². The minimum absolute atomic E-state index is 0.0553. The first kappa shape index (κ1) is 25.6. The molecule has 45 heavy (non-hydrogen) atoms. The molecular weight excluding hydrogens is 580 g/mol. The molecule has 1 amide bonds. The number of nitrogens with zero attached hydrogens (tertiary/aromatic N) is 7. The van der Waals surface area contributed by atoms with Crippen LogP contribution in [0.5, 0.6) is 0 Å². The SMILES string of the molecule is [2H]C([2H])([2H])n1ncc2c(F)c(-n3ccn(-c4c5c(nn4-c4cc(C)c(F)c(C)c4)C4(CC4)CN(C(=O)OC(C)(C)C)[C@H]5C)c3=O)ccc21. The van der Waals surface area contributed by atoms with Crippen LogP contribution in [0.4, 0.5) is 13.6 Å². The number of hydrogen-bond acceptors (Lipinski definition) is 5. The second kappa shape index (κ2) is 9.63. The summed E-state index contributed by atoms with van der Waals surface area (Å²) in [6, 6.07) is 5.47. The van der Waals surface area contributed by atoms with E-state index in [9.17, 15) is 14.0 Å². The fourth-order valence-electron chi connectivity index (χ4n) is 6.40. The van der Waals surface area contributed by atoms with Crippen molar-refractivity contribution in [3.63, 3.8) is 0 Å². The minimum atomic E-state index is -2.62. The number of aromatic nitrogens is 6. The highest BCUT2D eigenvalue weighted by atomic mass is 19.1. The number of halogens is 2. The molecule has 1 fully saturated rings. The van der Waals surface area contributed by atoms with Crippen LogP contribution in [-0.4, -0.2) is 51.8 Å². The number of hydrogen-bond donors (Lipinski definition) is 0. The average molecular weight is 619 g/mol. The van der Waals surface area contributed by atoms with E-state index in [1.165, 1.54) is 29.1 Å². The molecule has 0 unspecified atom stereocenters. The van der Waals surface area contributed by atoms with Crippen LogP contribution in [0.3, 0.4) is 0 Å². The standard InChI is InChI=1S/C33H35F2N7O3/c1-18-14-21(15-19(2)26(18)34)42-29(25-20(3)41(31(44)45-32(4,5)6)17-33(10-11-33)28(25)37-42)40-13-12-39(30(40)43)24-9-8-23-22(27(24)35)16-36-38(23)7/h8-9,12-16,20H,10-11,17H2,1-7H3/t20-/m0/s1/i7D3. The third kappa shape index (κ3) is 4.40. The van der Waals surface area contributed by atoms with Crippen LogP contribution in [0.15, 0.2) is 47.7 Å². The van der Waals surface area contributed by atoms with Crippen LogP contribution in [0.2, 0.25) is 0 Å². The van der Waals surface area contributed by atoms with E-state index in [0.29, 0.717) is 34.7 Å². The predicted molar refractivity (Wildman–Crippen MR) is 164 cm³/mol. The smallest absolute Gasteiger partial charge is 0.410 e. The minimum Gasteiger partial charge on any atom is -0.444 e. The molecular formula is C33H35F2N7O3. The highest BCUT2D eigenvalue weighted by Crippen LogP contribution is 2.55. The molecule has 1 aliphatic heterocycles. The van der Waals surface area contributed by atoms with Crippen LogP contribution < -0.4 is 5.69 Å². The van der Waals surface area contributed by atoms with E-state index in [1.54, 1.807) is 56.3 Å². The monoisotopic (exact) mass is 618 g/mol. The first-order valence-electron chi connectivity index (χ1n) is 16.3. The Balaban J connectivity index is 1.44. The van der Waals surface area contributed by atoms with Crippen molar-refractivity contribution in [3.8, 4) is 17.2 Å². The molecule has 1 atom stereocenters. The van der Waals surface area contributed by atoms with Gasteiger partial charge in [-0.05, 0) is 89.8 Å². The van der Waals surface area contributed by atoms with Crippen molar-refractivity contribution in [1.29, 1.82) is 0 Å². The first-order chi connectivity index (χ1) is 22.4. The quantitative estimate of drug-likeness (QED) is 0.250. The Morgan fingerprint density at radius 1 is 1.09 bits per heavy atom. The number of carbonyl (C=O) groups excluding carboxylic acids is 1. The number of ether oxygens (including phenoxy) is 1. The van der Waals surface area contributed by atoms with Crippen LogP contribution in [-0.2, 0) is 17.1 Å². The van der Waals surface area contributed by atoms with E-state index in [2.05, 4.69) is 5.10 Å². The second-order valence-corrected chi connectivity index (χ2v) is 13.2. The van der Waals surface area contributed by atoms with E-state index in [1.807, 2.05) is 6.92 Å². The molecule has 1 aliphatic carbocycles. The number of benzene rings is 2. The molecule has 5 aromatic rings. The third-order valence-corrected chi connectivity index (χ3v) is 8.84. The summed E-state index contributed by atoms with van der Waals surface area (Å²) in [6.07, 6.45) is 5.09. The topological polar surface area (TPSA) is 92.1 Å². The van der Waals surface area contributed by atoms with Crippen molar-refractivity contribution in [2.24, 2.45) is 6.98 Å². The normalized spacial score (nSPS) is 18.5. The van der Waals surface area contributed by atoms with E-state index >= 15 is 4.39 Å². The van der Waals surface area contributed by atoms with Gasteiger partial charge in [0, 0.05) is 41.0 Å². The summed E-state index contributed by atoms with van der Waals surface area (Å²) in [5.74, 6) is -0.830. The lowest BCUT2D eigenvalue weighted by molar-refractivity contribution is 0.0126. The molecule has 0 N–H and O–H groups in total. The van der Waals surface area contributed by atoms with Crippen molar-refractivity contribution in [3.05, 3.63) is 87.4 Å². The van der Waals surface area contributed by atoms with E-state index < -0.39 is 41.6 Å². The van der Waals surface area contributed by atoms with Gasteiger partial charge < -0.3 is 9.64 Å². The van der Waals surface area contributed by atoms with Gasteiger partial charge in [0.05, 0.1) is 40.2 Å². The molecule has 4 heterocycles. The maximum atomic E-state index is 16.0. The Morgan fingerprint density at radius 3 is 2.42 bits per heavy atom. The lowest BCUT2D eigenvalue weighted by Gasteiger charge is -2.38. The number of carbonyl (C=O) groups is 1. The van der Waals surface area contributed by atoms with Gasteiger partial charge in [0.15, 0.2) is 5.82 Å². The van der Waals surface area contributed by atoms with Crippen LogP contribution in [0.25, 0.3) is 28.1 Å². The van der Waals surface area contributed by atoms with Gasteiger partial charge in [-0.25, -0.2) is 23.1 Å². The zero-order valence-corrected chi connectivity index (χ0v) is 25.9. The fourth-order valence-corrected chi connectivity index (χ4v) is 6.40. The van der Waals surface area contributed by atoms with Gasteiger partial charge in [-0.15, -0.1) is 0 Å². The Labute approximate surface area is 262 Å². The molecule has 2 aliphatic rings. The van der Waals surface area contributed by atoms with Crippen molar-refractivity contribution < 1.29 is 22.4 Å². The summed E-state index contributed by atoms with van der Waals surface area (Å²) < 4.78 is 64.5. The molecule has 12 heteroatoms. The van der Waals surface area contributed by atoms with Gasteiger partial charge in [0.25, 0.3) is 0 Å². The fraction of sp³-hybridized carbons (Fsp3) is 0.394. The Bertz CT molecular complexity index is 2180. The number of fused-ring (bicyclic) bond motifs is 3. The van der Waals surface area contributed by atoms with Gasteiger partial charge >= 0.3 is 11.8 Å². The summed E-state index contributed by atoms with van der Waals surface area (Å²) in [4.78, 5) is 29.5. The number of rotatable bonds is 3. The number of imidazole rings is 1. The Kier molecular flexibility index (Phi) is 5.47. The van der Waals surface area contributed by atoms with Crippen molar-refractivity contribution >= 4 is 17.0 Å². The van der Waals surface area contributed by atoms with Crippen LogP contribution in [0, 0.1) is 25.5 Å². The Hall–Kier alpha value is -4.74. The number of amides is 1. The maximum absolute atomic E-state index is 16.0. The molecule has 1 saturated carbocycles. The lowest BCUT2D eigenvalue weighted by Crippen LogP contribution is -2.46. The molecule has 0 saturated heterocycles. The third-order valence-electron chi connectivity index (χ3n) is 8.84. The van der Waals surface area contributed by atoms with E-state index in [4.69, 9.17) is 13.9 Å². The van der Waals surface area contributed by atoms with Gasteiger partial charge in [0.2, 0.25) is 0 Å². The summed E-state index contributed by atoms with van der Waals surface area (Å²) >= 11 is 0. The Morgan fingerprint density at radius 2 is 1.78 bits per heavy atom. The van der Waals surface area contributed by atoms with Crippen molar-refractivity contribution in [2.45, 2.75) is 71.4 Å². The summed E-state index contributed by atoms with van der Waals surface area (Å²) in [7, 11) is 0. The largest absolute Gasteiger partial charge is 0.444 e. The second-order valence-electron chi connectivity index (χ2n) is 13.2. The van der Waals surface area contributed by atoms with Gasteiger partial charge in [-0.3, -0.25) is 13.8 Å². The van der Waals surface area contributed by atoms with Crippen LogP contribution >= 0.6 is 0 Å². The first-order valence-corrected chi connectivity index (χ1v) is 14.8. The highest BCUT2D eigenvalue weighted by molar-refractivity contribution is 5.81. The maximum Gasteiger partial charge on any atom is 0.410 e. The molecule has 0 radical (unpaired) electrons. The summed E-state index contributed by atoms with van der Waals surface area (Å²) in [5, 5.41) is 8.86. The molecule has 0 bridgehead atoms. The van der Waals surface area contributed by atoms with Crippen LogP contribution in [0.1, 0.15) is 73.1 Å². The molecule has 10 nitrogen and oxygen atoms in total. The van der Waals surface area contributed by atoms with Gasteiger partial charge in [-0.2, -0.15) is 10.2 Å². The summed E-state index contributed by atoms with van der Waals surface area (Å²) in [5.41, 5.74) is 0.828. The molecule has 7 rings (SSSR count). The lowest BCUT2D eigenvalue weighted by atomic mass is 9.88. The molecule has 234 valence electrons. The van der Waals surface area contributed by atoms with E-state index in [0.717, 1.165) is 34.0 Å². The molecule has 1 spiro atoms. The average Bonchev–Trinajstić information content (AvgIpc) is 3.28.